The van der Waals surface area contributed by atoms with Gasteiger partial charge in [-0.15, -0.1) is 0 Å². The molecule has 2 spiro atoms. The molecule has 25 heavy (non-hydrogen) atoms. The van der Waals surface area contributed by atoms with Crippen molar-refractivity contribution in [2.75, 3.05) is 0 Å². The van der Waals surface area contributed by atoms with Crippen molar-refractivity contribution in [3.05, 3.63) is 0 Å². The second-order valence-electron chi connectivity index (χ2n) is 8.07. The zero-order valence-corrected chi connectivity index (χ0v) is 14.4. The van der Waals surface area contributed by atoms with Gasteiger partial charge in [0.15, 0.2) is 24.0 Å². The summed E-state index contributed by atoms with van der Waals surface area (Å²) >= 11 is 0. The van der Waals surface area contributed by atoms with E-state index in [1.807, 2.05) is 0 Å². The average Bonchev–Trinajstić information content (AvgIpc) is 3.13. The lowest BCUT2D eigenvalue weighted by atomic mass is 9.94. The molecule has 2 aliphatic carbocycles. The van der Waals surface area contributed by atoms with Crippen LogP contribution in [0.1, 0.15) is 64.2 Å². The van der Waals surface area contributed by atoms with E-state index in [0.717, 1.165) is 57.8 Å². The van der Waals surface area contributed by atoms with E-state index in [2.05, 4.69) is 0 Å². The Morgan fingerprint density at radius 2 is 1.24 bits per heavy atom. The lowest BCUT2D eigenvalue weighted by Crippen LogP contribution is -2.57. The number of carbonyl (C=O) groups is 1. The Morgan fingerprint density at radius 3 is 1.84 bits per heavy atom. The maximum atomic E-state index is 11.8. The monoisotopic (exact) mass is 354 g/mol. The second-order valence-corrected chi connectivity index (χ2v) is 8.07. The van der Waals surface area contributed by atoms with Crippen molar-refractivity contribution in [3.63, 3.8) is 0 Å². The summed E-state index contributed by atoms with van der Waals surface area (Å²) in [5, 5.41) is 9.64. The van der Waals surface area contributed by atoms with Gasteiger partial charge in [-0.1, -0.05) is 12.8 Å². The van der Waals surface area contributed by atoms with E-state index in [-0.39, 0.29) is 0 Å². The van der Waals surface area contributed by atoms with E-state index in [9.17, 15) is 9.90 Å². The molecule has 7 heteroatoms. The highest BCUT2D eigenvalue weighted by molar-refractivity contribution is 5.73. The maximum absolute atomic E-state index is 11.8. The Balaban J connectivity index is 1.43. The molecular weight excluding hydrogens is 328 g/mol. The first-order chi connectivity index (χ1) is 12.1. The molecule has 5 aliphatic rings. The van der Waals surface area contributed by atoms with Crippen LogP contribution in [0.5, 0.6) is 0 Å². The number of ether oxygens (including phenoxy) is 5. The highest BCUT2D eigenvalue weighted by atomic mass is 16.9. The van der Waals surface area contributed by atoms with Crippen LogP contribution in [0, 0.1) is 0 Å². The molecule has 0 unspecified atom stereocenters. The van der Waals surface area contributed by atoms with Gasteiger partial charge in [0.05, 0.1) is 0 Å². The molecule has 3 saturated heterocycles. The Bertz CT molecular complexity index is 538. The van der Waals surface area contributed by atoms with Crippen LogP contribution in [-0.2, 0) is 28.5 Å². The number of fused-ring (bicyclic) bond motifs is 3. The van der Waals surface area contributed by atoms with Gasteiger partial charge in [-0.25, -0.2) is 4.79 Å². The first kappa shape index (κ1) is 16.4. The molecular formula is C18H26O7. The van der Waals surface area contributed by atoms with Crippen LogP contribution in [0.15, 0.2) is 0 Å². The third-order valence-corrected chi connectivity index (χ3v) is 6.35. The van der Waals surface area contributed by atoms with Crippen LogP contribution in [0.2, 0.25) is 0 Å². The fraction of sp³-hybridized carbons (Fsp3) is 0.944. The first-order valence-corrected chi connectivity index (χ1v) is 9.69. The van der Waals surface area contributed by atoms with E-state index in [1.54, 1.807) is 0 Å². The molecule has 0 amide bonds. The lowest BCUT2D eigenvalue weighted by Gasteiger charge is -2.35. The zero-order chi connectivity index (χ0) is 17.1. The van der Waals surface area contributed by atoms with Gasteiger partial charge < -0.3 is 28.8 Å². The van der Waals surface area contributed by atoms with Crippen molar-refractivity contribution in [2.24, 2.45) is 0 Å². The summed E-state index contributed by atoms with van der Waals surface area (Å²) in [6, 6.07) is 0. The van der Waals surface area contributed by atoms with Gasteiger partial charge in [0, 0.05) is 25.7 Å². The Hall–Kier alpha value is -0.730. The van der Waals surface area contributed by atoms with Gasteiger partial charge in [0.2, 0.25) is 0 Å². The molecule has 5 fully saturated rings. The van der Waals surface area contributed by atoms with Crippen molar-refractivity contribution >= 4 is 5.97 Å². The normalized spacial score (nSPS) is 44.6. The summed E-state index contributed by atoms with van der Waals surface area (Å²) in [6.45, 7) is 0. The van der Waals surface area contributed by atoms with Crippen molar-refractivity contribution in [1.29, 1.82) is 0 Å². The SMILES string of the molecule is O=C(O)[C@@H]1O[C@@H]2OC3(CCCCC3)O[C@@H]2[C@H]2OC3(CCCCC3)O[C@H]21. The summed E-state index contributed by atoms with van der Waals surface area (Å²) in [5.41, 5.74) is 0. The fourth-order valence-corrected chi connectivity index (χ4v) is 5.16. The standard InChI is InChI=1S/C18H26O7/c19-15(20)13-11-12(23-17(22-11)7-3-1-4-8-17)14-16(21-13)25-18(24-14)9-5-2-6-10-18/h11-14,16H,1-10H2,(H,19,20)/t11-,12+,13-,14-,16-/m1/s1. The Kier molecular flexibility index (Phi) is 3.87. The minimum Gasteiger partial charge on any atom is -0.479 e. The van der Waals surface area contributed by atoms with Crippen molar-refractivity contribution in [3.8, 4) is 0 Å². The maximum Gasteiger partial charge on any atom is 0.335 e. The molecule has 3 heterocycles. The molecule has 0 aromatic heterocycles. The highest BCUT2D eigenvalue weighted by Crippen LogP contribution is 2.50. The second kappa shape index (κ2) is 5.89. The average molecular weight is 354 g/mol. The Labute approximate surface area is 146 Å². The summed E-state index contributed by atoms with van der Waals surface area (Å²) in [5.74, 6) is -2.35. The number of hydrogen-bond donors (Lipinski definition) is 1. The van der Waals surface area contributed by atoms with E-state index in [1.165, 1.54) is 6.42 Å². The van der Waals surface area contributed by atoms with E-state index >= 15 is 0 Å². The topological polar surface area (TPSA) is 83.5 Å². The molecule has 7 nitrogen and oxygen atoms in total. The van der Waals surface area contributed by atoms with Crippen LogP contribution in [-0.4, -0.2) is 53.4 Å². The molecule has 0 bridgehead atoms. The van der Waals surface area contributed by atoms with E-state index in [4.69, 9.17) is 23.7 Å². The number of aliphatic carboxylic acids is 1. The molecule has 0 radical (unpaired) electrons. The summed E-state index contributed by atoms with van der Waals surface area (Å²) in [7, 11) is 0. The van der Waals surface area contributed by atoms with Crippen LogP contribution in [0.3, 0.4) is 0 Å². The first-order valence-electron chi connectivity index (χ1n) is 9.69. The van der Waals surface area contributed by atoms with Gasteiger partial charge in [-0.3, -0.25) is 0 Å². The molecule has 5 rings (SSSR count). The highest BCUT2D eigenvalue weighted by Gasteiger charge is 2.65. The summed E-state index contributed by atoms with van der Waals surface area (Å²) in [4.78, 5) is 11.8. The van der Waals surface area contributed by atoms with Crippen LogP contribution in [0.25, 0.3) is 0 Å². The number of carboxylic acid groups (broad SMARTS) is 1. The molecule has 0 aromatic carbocycles. The number of rotatable bonds is 1. The smallest absolute Gasteiger partial charge is 0.335 e. The van der Waals surface area contributed by atoms with Crippen molar-refractivity contribution in [1.82, 2.24) is 0 Å². The number of carboxylic acids is 1. The van der Waals surface area contributed by atoms with E-state index in [0.29, 0.717) is 0 Å². The van der Waals surface area contributed by atoms with Crippen molar-refractivity contribution in [2.45, 2.75) is 106 Å². The van der Waals surface area contributed by atoms with Gasteiger partial charge in [-0.2, -0.15) is 0 Å². The van der Waals surface area contributed by atoms with Crippen LogP contribution in [0.4, 0.5) is 0 Å². The third-order valence-electron chi connectivity index (χ3n) is 6.35. The summed E-state index contributed by atoms with van der Waals surface area (Å²) < 4.78 is 30.8. The summed E-state index contributed by atoms with van der Waals surface area (Å²) in [6.07, 6.45) is 6.50. The molecule has 2 saturated carbocycles. The molecule has 0 aromatic rings. The van der Waals surface area contributed by atoms with Gasteiger partial charge in [0.25, 0.3) is 0 Å². The fourth-order valence-electron chi connectivity index (χ4n) is 5.16. The predicted molar refractivity (Wildman–Crippen MR) is 83.6 cm³/mol. The Morgan fingerprint density at radius 1 is 0.720 bits per heavy atom. The number of hydrogen-bond acceptors (Lipinski definition) is 6. The van der Waals surface area contributed by atoms with Gasteiger partial charge in [0.1, 0.15) is 18.3 Å². The van der Waals surface area contributed by atoms with Crippen LogP contribution < -0.4 is 0 Å². The van der Waals surface area contributed by atoms with Crippen molar-refractivity contribution < 1.29 is 33.6 Å². The minimum atomic E-state index is -1.07. The molecule has 140 valence electrons. The lowest BCUT2D eigenvalue weighted by molar-refractivity contribution is -0.251. The van der Waals surface area contributed by atoms with E-state index < -0.39 is 48.2 Å². The van der Waals surface area contributed by atoms with Gasteiger partial charge in [-0.05, 0) is 25.7 Å². The minimum absolute atomic E-state index is 0.417. The van der Waals surface area contributed by atoms with Crippen LogP contribution >= 0.6 is 0 Å². The zero-order valence-electron chi connectivity index (χ0n) is 14.4. The third kappa shape index (κ3) is 2.63. The molecule has 5 atom stereocenters. The molecule has 1 N–H and O–H groups in total. The molecule has 3 aliphatic heterocycles. The predicted octanol–water partition coefficient (Wildman–Crippen LogP) is 2.32. The quantitative estimate of drug-likeness (QED) is 0.773. The van der Waals surface area contributed by atoms with Gasteiger partial charge >= 0.3 is 5.97 Å². The largest absolute Gasteiger partial charge is 0.479 e.